The quantitative estimate of drug-likeness (QED) is 0.661. The Bertz CT molecular complexity index is 516. The summed E-state index contributed by atoms with van der Waals surface area (Å²) in [6.07, 6.45) is 2.11. The minimum atomic E-state index is -1.04. The summed E-state index contributed by atoms with van der Waals surface area (Å²) < 4.78 is 5.88. The fourth-order valence-corrected chi connectivity index (χ4v) is 4.83. The first-order valence-corrected chi connectivity index (χ1v) is 9.49. The van der Waals surface area contributed by atoms with Crippen LogP contribution in [0.15, 0.2) is 12.2 Å². The van der Waals surface area contributed by atoms with Crippen molar-refractivity contribution in [2.75, 3.05) is 6.61 Å². The van der Waals surface area contributed by atoms with E-state index in [1.165, 1.54) is 0 Å². The number of fused-ring (bicyclic) bond motifs is 1. The minimum Gasteiger partial charge on any atom is -0.393 e. The van der Waals surface area contributed by atoms with E-state index in [2.05, 4.69) is 13.5 Å². The Morgan fingerprint density at radius 2 is 1.96 bits per heavy atom. The third-order valence-electron chi connectivity index (χ3n) is 6.64. The molecule has 0 amide bonds. The lowest BCUT2D eigenvalue weighted by Crippen LogP contribution is -2.56. The number of aliphatic hydroxyl groups is 3. The van der Waals surface area contributed by atoms with E-state index in [0.717, 1.165) is 25.7 Å². The number of aliphatic hydroxyl groups excluding tert-OH is 2. The molecule has 0 bridgehead atoms. The van der Waals surface area contributed by atoms with Gasteiger partial charge in [-0.3, -0.25) is 0 Å². The molecule has 0 aromatic carbocycles. The van der Waals surface area contributed by atoms with Crippen LogP contribution in [0.25, 0.3) is 0 Å². The number of hydrogen-bond acceptors (Lipinski definition) is 5. The van der Waals surface area contributed by atoms with E-state index in [1.807, 2.05) is 19.9 Å². The predicted octanol–water partition coefficient (Wildman–Crippen LogP) is 2.41. The molecule has 25 heavy (non-hydrogen) atoms. The fourth-order valence-electron chi connectivity index (χ4n) is 4.83. The Labute approximate surface area is 151 Å². The van der Waals surface area contributed by atoms with Gasteiger partial charge in [0.25, 0.3) is 0 Å². The average Bonchev–Trinajstić information content (AvgIpc) is 2.73. The summed E-state index contributed by atoms with van der Waals surface area (Å²) in [6, 6.07) is 1.84. The van der Waals surface area contributed by atoms with E-state index in [1.54, 1.807) is 0 Å². The lowest BCUT2D eigenvalue weighted by Gasteiger charge is -2.51. The van der Waals surface area contributed by atoms with Crippen molar-refractivity contribution in [1.29, 1.82) is 5.26 Å². The third-order valence-corrected chi connectivity index (χ3v) is 6.64. The molecule has 0 radical (unpaired) electrons. The summed E-state index contributed by atoms with van der Waals surface area (Å²) in [6.45, 7) is 9.99. The van der Waals surface area contributed by atoms with Crippen molar-refractivity contribution in [1.82, 2.24) is 0 Å². The number of nitrogens with zero attached hydrogens (tertiary/aromatic N) is 1. The first-order chi connectivity index (χ1) is 11.7. The minimum absolute atomic E-state index is 0.0618. The van der Waals surface area contributed by atoms with Gasteiger partial charge in [-0.2, -0.15) is 5.26 Å². The van der Waals surface area contributed by atoms with Gasteiger partial charge in [-0.1, -0.05) is 20.4 Å². The zero-order valence-corrected chi connectivity index (χ0v) is 15.7. The normalized spacial score (nSPS) is 39.4. The molecule has 142 valence electrons. The molecule has 2 fully saturated rings. The summed E-state index contributed by atoms with van der Waals surface area (Å²) in [5, 5.41) is 41.0. The van der Waals surface area contributed by atoms with Gasteiger partial charge in [-0.15, -0.1) is 0 Å². The summed E-state index contributed by atoms with van der Waals surface area (Å²) in [5.74, 6) is 0.322. The summed E-state index contributed by atoms with van der Waals surface area (Å²) in [7, 11) is 0. The topological polar surface area (TPSA) is 93.7 Å². The van der Waals surface area contributed by atoms with Gasteiger partial charge >= 0.3 is 0 Å². The molecule has 8 atom stereocenters. The molecule has 1 heterocycles. The van der Waals surface area contributed by atoms with Gasteiger partial charge in [0, 0.05) is 6.42 Å². The molecule has 5 heteroatoms. The monoisotopic (exact) mass is 351 g/mol. The van der Waals surface area contributed by atoms with E-state index >= 15 is 0 Å². The average molecular weight is 351 g/mol. The van der Waals surface area contributed by atoms with Crippen molar-refractivity contribution in [2.45, 2.75) is 76.8 Å². The Hall–Kier alpha value is -0.930. The van der Waals surface area contributed by atoms with Crippen molar-refractivity contribution in [3.05, 3.63) is 12.2 Å². The number of nitriles is 1. The molecule has 2 aliphatic rings. The Morgan fingerprint density at radius 3 is 2.60 bits per heavy atom. The molecule has 0 aromatic heterocycles. The van der Waals surface area contributed by atoms with Crippen LogP contribution in [0.5, 0.6) is 0 Å². The second kappa shape index (κ2) is 8.18. The van der Waals surface area contributed by atoms with Crippen LogP contribution in [-0.2, 0) is 4.74 Å². The first kappa shape index (κ1) is 20.4. The van der Waals surface area contributed by atoms with Crippen LogP contribution in [0.1, 0.15) is 52.9 Å². The molecule has 1 aliphatic carbocycles. The van der Waals surface area contributed by atoms with Gasteiger partial charge in [0.2, 0.25) is 0 Å². The fraction of sp³-hybridized carbons (Fsp3) is 0.850. The maximum absolute atomic E-state index is 11.6. The Balaban J connectivity index is 2.15. The van der Waals surface area contributed by atoms with Gasteiger partial charge in [-0.25, -0.2) is 0 Å². The maximum Gasteiger partial charge on any atom is 0.0968 e. The maximum atomic E-state index is 11.6. The van der Waals surface area contributed by atoms with Gasteiger partial charge < -0.3 is 20.1 Å². The third kappa shape index (κ3) is 4.25. The summed E-state index contributed by atoms with van der Waals surface area (Å²) >= 11 is 0. The molecule has 2 rings (SSSR count). The van der Waals surface area contributed by atoms with Gasteiger partial charge in [0.1, 0.15) is 0 Å². The van der Waals surface area contributed by atoms with Gasteiger partial charge in [0.15, 0.2) is 0 Å². The lowest BCUT2D eigenvalue weighted by molar-refractivity contribution is -0.173. The molecule has 1 aliphatic heterocycles. The second-order valence-electron chi connectivity index (χ2n) is 8.27. The van der Waals surface area contributed by atoms with Crippen LogP contribution in [0, 0.1) is 35.0 Å². The number of ether oxygens (including phenoxy) is 1. The first-order valence-electron chi connectivity index (χ1n) is 9.49. The van der Waals surface area contributed by atoms with Crippen molar-refractivity contribution in [3.8, 4) is 6.07 Å². The molecule has 1 saturated heterocycles. The molecule has 5 nitrogen and oxygen atoms in total. The summed E-state index contributed by atoms with van der Waals surface area (Å²) in [4.78, 5) is 0. The van der Waals surface area contributed by atoms with Crippen molar-refractivity contribution < 1.29 is 20.1 Å². The number of hydrogen-bond donors (Lipinski definition) is 3. The molecule has 0 spiro atoms. The summed E-state index contributed by atoms with van der Waals surface area (Å²) in [5.41, 5.74) is -0.883. The lowest BCUT2D eigenvalue weighted by atomic mass is 9.59. The second-order valence-corrected chi connectivity index (χ2v) is 8.27. The van der Waals surface area contributed by atoms with Gasteiger partial charge in [0.05, 0.1) is 42.2 Å². The van der Waals surface area contributed by atoms with Crippen LogP contribution in [-0.4, -0.2) is 45.8 Å². The van der Waals surface area contributed by atoms with Gasteiger partial charge in [-0.05, 0) is 56.3 Å². The molecule has 4 unspecified atom stereocenters. The highest BCUT2D eigenvalue weighted by Gasteiger charge is 2.53. The van der Waals surface area contributed by atoms with Crippen molar-refractivity contribution in [3.63, 3.8) is 0 Å². The molecular formula is C20H33NO4. The largest absolute Gasteiger partial charge is 0.393 e. The molecule has 0 aromatic rings. The standard InChI is InChI=1S/C20H33NO4/c1-12-5-7-17(15(4)19(23)9-18(22)13(2)10-21)20(24)11-25-14(3)6-8-16(12)20/h12,14-19,22-24H,2,5-9,11H2,1,3-4H3/t12-,14?,15?,16?,17+,18-,19?,20-/m1/s1. The molecule has 3 N–H and O–H groups in total. The smallest absolute Gasteiger partial charge is 0.0968 e. The van der Waals surface area contributed by atoms with Crippen LogP contribution in [0.3, 0.4) is 0 Å². The predicted molar refractivity (Wildman–Crippen MR) is 95.5 cm³/mol. The molecule has 1 saturated carbocycles. The SMILES string of the molecule is C=C(C#N)[C@H](O)CC(O)C(C)[C@@H]1CC[C@@H](C)C2CCC(C)OC[C@@]21O. The Kier molecular flexibility index (Phi) is 6.67. The van der Waals surface area contributed by atoms with E-state index in [-0.39, 0.29) is 35.9 Å². The van der Waals surface area contributed by atoms with E-state index in [4.69, 9.17) is 10.00 Å². The highest BCUT2D eigenvalue weighted by atomic mass is 16.5. The highest BCUT2D eigenvalue weighted by Crippen LogP contribution is 2.49. The van der Waals surface area contributed by atoms with E-state index < -0.39 is 17.8 Å². The van der Waals surface area contributed by atoms with Crippen molar-refractivity contribution >= 4 is 0 Å². The number of rotatable bonds is 5. The van der Waals surface area contributed by atoms with Crippen LogP contribution in [0.2, 0.25) is 0 Å². The van der Waals surface area contributed by atoms with E-state index in [0.29, 0.717) is 12.5 Å². The van der Waals surface area contributed by atoms with Crippen LogP contribution in [0.4, 0.5) is 0 Å². The van der Waals surface area contributed by atoms with Crippen LogP contribution < -0.4 is 0 Å². The zero-order chi connectivity index (χ0) is 18.8. The van der Waals surface area contributed by atoms with Crippen LogP contribution >= 0.6 is 0 Å². The zero-order valence-electron chi connectivity index (χ0n) is 15.7. The van der Waals surface area contributed by atoms with Crippen molar-refractivity contribution in [2.24, 2.45) is 23.7 Å². The molecular weight excluding hydrogens is 318 g/mol. The highest BCUT2D eigenvalue weighted by molar-refractivity contribution is 5.20. The van der Waals surface area contributed by atoms with E-state index in [9.17, 15) is 15.3 Å². The Morgan fingerprint density at radius 1 is 1.28 bits per heavy atom.